The van der Waals surface area contributed by atoms with E-state index in [4.69, 9.17) is 4.52 Å². The van der Waals surface area contributed by atoms with Crippen LogP contribution in [0.4, 0.5) is 5.69 Å². The molecular formula is C13H14N2O2. The van der Waals surface area contributed by atoms with E-state index in [2.05, 4.69) is 10.5 Å². The number of anilines is 1. The molecule has 0 fully saturated rings. The number of rotatable bonds is 2. The van der Waals surface area contributed by atoms with Gasteiger partial charge in [0.2, 0.25) is 0 Å². The third-order valence-electron chi connectivity index (χ3n) is 2.81. The van der Waals surface area contributed by atoms with Gasteiger partial charge in [-0.05, 0) is 38.0 Å². The Morgan fingerprint density at radius 2 is 2.00 bits per heavy atom. The van der Waals surface area contributed by atoms with Gasteiger partial charge in [-0.15, -0.1) is 0 Å². The summed E-state index contributed by atoms with van der Waals surface area (Å²) in [4.78, 5) is 11.9. The van der Waals surface area contributed by atoms with E-state index in [0.29, 0.717) is 5.69 Å². The molecule has 88 valence electrons. The average Bonchev–Trinajstić information content (AvgIpc) is 2.71. The lowest BCUT2D eigenvalue weighted by molar-refractivity contribution is 0.101. The first-order valence-corrected chi connectivity index (χ1v) is 5.38. The molecule has 4 nitrogen and oxygen atoms in total. The molecule has 0 aliphatic carbocycles. The lowest BCUT2D eigenvalue weighted by atomic mass is 10.1. The van der Waals surface area contributed by atoms with Crippen LogP contribution in [-0.2, 0) is 0 Å². The molecule has 2 rings (SSSR count). The van der Waals surface area contributed by atoms with Crippen molar-refractivity contribution in [1.29, 1.82) is 0 Å². The Hall–Kier alpha value is -2.10. The smallest absolute Gasteiger partial charge is 0.278 e. The van der Waals surface area contributed by atoms with Crippen LogP contribution in [0.3, 0.4) is 0 Å². The van der Waals surface area contributed by atoms with E-state index in [-0.39, 0.29) is 5.91 Å². The minimum absolute atomic E-state index is 0.245. The van der Waals surface area contributed by atoms with Gasteiger partial charge in [-0.1, -0.05) is 17.3 Å². The Bertz CT molecular complexity index is 558. The third kappa shape index (κ3) is 2.20. The predicted molar refractivity (Wildman–Crippen MR) is 65.1 cm³/mol. The Balaban J connectivity index is 2.25. The summed E-state index contributed by atoms with van der Waals surface area (Å²) in [6.45, 7) is 5.77. The first-order chi connectivity index (χ1) is 8.09. The summed E-state index contributed by atoms with van der Waals surface area (Å²) in [5.74, 6) is -0.245. The maximum Gasteiger partial charge on any atom is 0.278 e. The first kappa shape index (κ1) is 11.4. The van der Waals surface area contributed by atoms with E-state index >= 15 is 0 Å². The highest BCUT2D eigenvalue weighted by molar-refractivity contribution is 6.04. The van der Waals surface area contributed by atoms with Crippen LogP contribution in [0.2, 0.25) is 0 Å². The number of aryl methyl sites for hydroxylation is 2. The summed E-state index contributed by atoms with van der Waals surface area (Å²) in [7, 11) is 0. The number of hydrogen-bond acceptors (Lipinski definition) is 3. The van der Waals surface area contributed by atoms with Crippen molar-refractivity contribution in [2.75, 3.05) is 5.32 Å². The van der Waals surface area contributed by atoms with Crippen LogP contribution in [-0.4, -0.2) is 11.1 Å². The monoisotopic (exact) mass is 230 g/mol. The minimum atomic E-state index is -0.245. The second kappa shape index (κ2) is 4.41. The molecule has 1 heterocycles. The summed E-state index contributed by atoms with van der Waals surface area (Å²) < 4.78 is 4.75. The topological polar surface area (TPSA) is 55.1 Å². The van der Waals surface area contributed by atoms with E-state index in [0.717, 1.165) is 22.4 Å². The van der Waals surface area contributed by atoms with Gasteiger partial charge in [0, 0.05) is 11.3 Å². The van der Waals surface area contributed by atoms with Gasteiger partial charge in [0.1, 0.15) is 6.26 Å². The molecule has 1 amide bonds. The van der Waals surface area contributed by atoms with Crippen molar-refractivity contribution in [2.45, 2.75) is 20.8 Å². The largest absolute Gasteiger partial charge is 0.364 e. The van der Waals surface area contributed by atoms with Crippen LogP contribution in [0.1, 0.15) is 27.2 Å². The molecule has 4 heteroatoms. The number of hydrogen-bond donors (Lipinski definition) is 1. The van der Waals surface area contributed by atoms with E-state index in [1.165, 1.54) is 6.26 Å². The molecule has 0 aliphatic heterocycles. The number of carbonyl (C=O) groups excluding carboxylic acids is 1. The van der Waals surface area contributed by atoms with E-state index in [9.17, 15) is 4.79 Å². The highest BCUT2D eigenvalue weighted by atomic mass is 16.5. The molecular weight excluding hydrogens is 216 g/mol. The van der Waals surface area contributed by atoms with E-state index in [1.54, 1.807) is 6.92 Å². The summed E-state index contributed by atoms with van der Waals surface area (Å²) in [6.07, 6.45) is 1.46. The standard InChI is InChI=1S/C13H14N2O2/c1-8-5-4-6-11(10(8)3)14-13(16)12-9(2)7-17-15-12/h4-7H,1-3H3,(H,14,16). The van der Waals surface area contributed by atoms with Gasteiger partial charge >= 0.3 is 0 Å². The fraction of sp³-hybridized carbons (Fsp3) is 0.231. The maximum absolute atomic E-state index is 11.9. The summed E-state index contributed by atoms with van der Waals surface area (Å²) in [6, 6.07) is 5.79. The zero-order chi connectivity index (χ0) is 12.4. The van der Waals surface area contributed by atoms with Crippen molar-refractivity contribution >= 4 is 11.6 Å². The van der Waals surface area contributed by atoms with Crippen LogP contribution >= 0.6 is 0 Å². The number of amides is 1. The van der Waals surface area contributed by atoms with Crippen molar-refractivity contribution in [1.82, 2.24) is 5.16 Å². The van der Waals surface area contributed by atoms with Crippen molar-refractivity contribution in [2.24, 2.45) is 0 Å². The Kier molecular flexibility index (Phi) is 2.95. The number of carbonyl (C=O) groups is 1. The van der Waals surface area contributed by atoms with Crippen LogP contribution in [0, 0.1) is 20.8 Å². The molecule has 0 radical (unpaired) electrons. The van der Waals surface area contributed by atoms with Crippen LogP contribution in [0.15, 0.2) is 29.0 Å². The van der Waals surface area contributed by atoms with Gasteiger partial charge in [0.05, 0.1) is 0 Å². The normalized spacial score (nSPS) is 10.3. The highest BCUT2D eigenvalue weighted by Crippen LogP contribution is 2.19. The molecule has 0 unspecified atom stereocenters. The predicted octanol–water partition coefficient (Wildman–Crippen LogP) is 2.85. The molecule has 0 atom stereocenters. The Morgan fingerprint density at radius 3 is 2.65 bits per heavy atom. The average molecular weight is 230 g/mol. The van der Waals surface area contributed by atoms with Gasteiger partial charge in [-0.2, -0.15) is 0 Å². The fourth-order valence-electron chi connectivity index (χ4n) is 1.57. The highest BCUT2D eigenvalue weighted by Gasteiger charge is 2.14. The molecule has 17 heavy (non-hydrogen) atoms. The number of aromatic nitrogens is 1. The molecule has 1 aromatic carbocycles. The van der Waals surface area contributed by atoms with Crippen molar-refractivity contribution < 1.29 is 9.32 Å². The molecule has 0 bridgehead atoms. The summed E-state index contributed by atoms with van der Waals surface area (Å²) in [5.41, 5.74) is 4.05. The lowest BCUT2D eigenvalue weighted by Gasteiger charge is -2.09. The fourth-order valence-corrected chi connectivity index (χ4v) is 1.57. The second-order valence-corrected chi connectivity index (χ2v) is 4.05. The van der Waals surface area contributed by atoms with Crippen molar-refractivity contribution in [3.8, 4) is 0 Å². The molecule has 1 N–H and O–H groups in total. The van der Waals surface area contributed by atoms with Gasteiger partial charge in [-0.3, -0.25) is 4.79 Å². The maximum atomic E-state index is 11.9. The summed E-state index contributed by atoms with van der Waals surface area (Å²) >= 11 is 0. The molecule has 0 saturated carbocycles. The molecule has 0 saturated heterocycles. The second-order valence-electron chi connectivity index (χ2n) is 4.05. The molecule has 0 spiro atoms. The first-order valence-electron chi connectivity index (χ1n) is 5.38. The van der Waals surface area contributed by atoms with E-state index in [1.807, 2.05) is 32.0 Å². The summed E-state index contributed by atoms with van der Waals surface area (Å²) in [5, 5.41) is 6.51. The van der Waals surface area contributed by atoms with E-state index < -0.39 is 0 Å². The molecule has 0 aliphatic rings. The number of nitrogens with one attached hydrogen (secondary N) is 1. The van der Waals surface area contributed by atoms with Gasteiger partial charge < -0.3 is 9.84 Å². The van der Waals surface area contributed by atoms with Gasteiger partial charge in [0.25, 0.3) is 5.91 Å². The minimum Gasteiger partial charge on any atom is -0.364 e. The van der Waals surface area contributed by atoms with Crippen LogP contribution < -0.4 is 5.32 Å². The quantitative estimate of drug-likeness (QED) is 0.863. The zero-order valence-corrected chi connectivity index (χ0v) is 10.1. The SMILES string of the molecule is Cc1conc1C(=O)Nc1cccc(C)c1C. The third-order valence-corrected chi connectivity index (χ3v) is 2.81. The van der Waals surface area contributed by atoms with Gasteiger partial charge in [-0.25, -0.2) is 0 Å². The molecule has 2 aromatic rings. The Labute approximate surface area is 99.6 Å². The number of nitrogens with zero attached hydrogens (tertiary/aromatic N) is 1. The van der Waals surface area contributed by atoms with Crippen LogP contribution in [0.25, 0.3) is 0 Å². The van der Waals surface area contributed by atoms with Crippen molar-refractivity contribution in [3.05, 3.63) is 46.8 Å². The van der Waals surface area contributed by atoms with Crippen LogP contribution in [0.5, 0.6) is 0 Å². The number of benzene rings is 1. The molecule has 1 aromatic heterocycles. The van der Waals surface area contributed by atoms with Crippen molar-refractivity contribution in [3.63, 3.8) is 0 Å². The van der Waals surface area contributed by atoms with Gasteiger partial charge in [0.15, 0.2) is 5.69 Å². The zero-order valence-electron chi connectivity index (χ0n) is 10.1. The lowest BCUT2D eigenvalue weighted by Crippen LogP contribution is -2.14. The Morgan fingerprint density at radius 1 is 1.24 bits per heavy atom.